The fraction of sp³-hybridized carbons (Fsp3) is 0.118. The normalized spacial score (nSPS) is 11.1. The summed E-state index contributed by atoms with van der Waals surface area (Å²) in [5.41, 5.74) is 4.61. The minimum absolute atomic E-state index is 0.173. The van der Waals surface area contributed by atoms with Gasteiger partial charge in [0.05, 0.1) is 17.7 Å². The molecule has 144 valence electrons. The lowest BCUT2D eigenvalue weighted by molar-refractivity contribution is -0.137. The van der Waals surface area contributed by atoms with Gasteiger partial charge in [0.15, 0.2) is 0 Å². The smallest absolute Gasteiger partial charge is 0.273 e. The van der Waals surface area contributed by atoms with Crippen molar-refractivity contribution in [1.29, 1.82) is 0 Å². The Morgan fingerprint density at radius 2 is 1.79 bits per heavy atom. The van der Waals surface area contributed by atoms with Crippen molar-refractivity contribution in [3.8, 4) is 5.69 Å². The van der Waals surface area contributed by atoms with Crippen LogP contribution in [0.5, 0.6) is 0 Å². The SMILES string of the molecule is O=C(Cc1cccc(C(F)(F)F)c1)NNC(=O)c1ccc(-n2cnnn2)cc1. The predicted molar refractivity (Wildman–Crippen MR) is 89.9 cm³/mol. The second-order valence-electron chi connectivity index (χ2n) is 5.68. The molecule has 1 aromatic heterocycles. The number of tetrazole rings is 1. The van der Waals surface area contributed by atoms with E-state index in [2.05, 4.69) is 26.4 Å². The summed E-state index contributed by atoms with van der Waals surface area (Å²) in [7, 11) is 0. The van der Waals surface area contributed by atoms with Gasteiger partial charge >= 0.3 is 6.18 Å². The van der Waals surface area contributed by atoms with Crippen molar-refractivity contribution in [3.63, 3.8) is 0 Å². The molecular weight excluding hydrogens is 377 g/mol. The van der Waals surface area contributed by atoms with Crippen LogP contribution in [0.15, 0.2) is 54.9 Å². The highest BCUT2D eigenvalue weighted by Gasteiger charge is 2.30. The highest BCUT2D eigenvalue weighted by atomic mass is 19.4. The van der Waals surface area contributed by atoms with Gasteiger partial charge in [0.25, 0.3) is 5.91 Å². The largest absolute Gasteiger partial charge is 0.416 e. The van der Waals surface area contributed by atoms with Crippen LogP contribution in [0.25, 0.3) is 5.69 Å². The van der Waals surface area contributed by atoms with Crippen molar-refractivity contribution in [2.45, 2.75) is 12.6 Å². The number of nitrogens with one attached hydrogen (secondary N) is 2. The topological polar surface area (TPSA) is 102 Å². The van der Waals surface area contributed by atoms with E-state index < -0.39 is 23.6 Å². The van der Waals surface area contributed by atoms with Gasteiger partial charge in [0.1, 0.15) is 6.33 Å². The van der Waals surface area contributed by atoms with E-state index in [-0.39, 0.29) is 17.5 Å². The van der Waals surface area contributed by atoms with Gasteiger partial charge in [-0.25, -0.2) is 4.68 Å². The van der Waals surface area contributed by atoms with Gasteiger partial charge in [-0.1, -0.05) is 18.2 Å². The maximum atomic E-state index is 12.7. The van der Waals surface area contributed by atoms with Crippen LogP contribution >= 0.6 is 0 Å². The van der Waals surface area contributed by atoms with E-state index in [1.807, 2.05) is 0 Å². The Hall–Kier alpha value is -3.76. The number of hydrazine groups is 1. The molecule has 0 fully saturated rings. The lowest BCUT2D eigenvalue weighted by atomic mass is 10.1. The average molecular weight is 390 g/mol. The second-order valence-corrected chi connectivity index (χ2v) is 5.68. The number of hydrogen-bond donors (Lipinski definition) is 2. The number of benzene rings is 2. The number of carbonyl (C=O) groups excluding carboxylic acids is 2. The first-order valence-corrected chi connectivity index (χ1v) is 7.92. The summed E-state index contributed by atoms with van der Waals surface area (Å²) < 4.78 is 39.5. The van der Waals surface area contributed by atoms with E-state index in [1.54, 1.807) is 12.1 Å². The Balaban J connectivity index is 1.55. The Morgan fingerprint density at radius 3 is 2.43 bits per heavy atom. The molecule has 0 atom stereocenters. The Labute approximate surface area is 156 Å². The van der Waals surface area contributed by atoms with E-state index in [9.17, 15) is 22.8 Å². The van der Waals surface area contributed by atoms with E-state index in [1.165, 1.54) is 35.3 Å². The molecule has 0 aliphatic carbocycles. The van der Waals surface area contributed by atoms with Gasteiger partial charge in [-0.05, 0) is 46.3 Å². The first-order chi connectivity index (χ1) is 13.3. The molecule has 0 saturated carbocycles. The molecule has 0 spiro atoms. The van der Waals surface area contributed by atoms with Gasteiger partial charge in [-0.2, -0.15) is 13.2 Å². The molecule has 2 N–H and O–H groups in total. The molecule has 0 radical (unpaired) electrons. The molecule has 0 bridgehead atoms. The first kappa shape index (κ1) is 19.0. The van der Waals surface area contributed by atoms with Crippen LogP contribution in [-0.4, -0.2) is 32.0 Å². The van der Waals surface area contributed by atoms with Crippen molar-refractivity contribution in [2.75, 3.05) is 0 Å². The Bertz CT molecular complexity index is 971. The average Bonchev–Trinajstić information content (AvgIpc) is 3.20. The highest BCUT2D eigenvalue weighted by Crippen LogP contribution is 2.29. The van der Waals surface area contributed by atoms with Crippen LogP contribution in [0.4, 0.5) is 13.2 Å². The van der Waals surface area contributed by atoms with Crippen molar-refractivity contribution in [2.24, 2.45) is 0 Å². The minimum Gasteiger partial charge on any atom is -0.273 e. The van der Waals surface area contributed by atoms with Crippen LogP contribution in [-0.2, 0) is 17.4 Å². The second kappa shape index (κ2) is 7.86. The van der Waals surface area contributed by atoms with Crippen LogP contribution in [0.3, 0.4) is 0 Å². The van der Waals surface area contributed by atoms with E-state index >= 15 is 0 Å². The molecule has 1 heterocycles. The van der Waals surface area contributed by atoms with Gasteiger partial charge in [-0.15, -0.1) is 5.10 Å². The molecule has 2 amide bonds. The summed E-state index contributed by atoms with van der Waals surface area (Å²) in [5.74, 6) is -1.24. The van der Waals surface area contributed by atoms with Gasteiger partial charge in [-0.3, -0.25) is 20.4 Å². The molecule has 3 aromatic rings. The maximum Gasteiger partial charge on any atom is 0.416 e. The minimum atomic E-state index is -4.49. The third-order valence-electron chi connectivity index (χ3n) is 3.68. The number of alkyl halides is 3. The third-order valence-corrected chi connectivity index (χ3v) is 3.68. The molecule has 11 heteroatoms. The lowest BCUT2D eigenvalue weighted by Gasteiger charge is -2.10. The summed E-state index contributed by atoms with van der Waals surface area (Å²) in [6.45, 7) is 0. The molecule has 0 aliphatic rings. The number of amides is 2. The molecule has 28 heavy (non-hydrogen) atoms. The van der Waals surface area contributed by atoms with E-state index in [0.29, 0.717) is 5.69 Å². The molecule has 2 aromatic carbocycles. The van der Waals surface area contributed by atoms with Gasteiger partial charge < -0.3 is 0 Å². The summed E-state index contributed by atoms with van der Waals surface area (Å²) >= 11 is 0. The van der Waals surface area contributed by atoms with Crippen molar-refractivity contribution in [1.82, 2.24) is 31.1 Å². The highest BCUT2D eigenvalue weighted by molar-refractivity contribution is 5.95. The molecule has 0 aliphatic heterocycles. The fourth-order valence-electron chi connectivity index (χ4n) is 2.33. The lowest BCUT2D eigenvalue weighted by Crippen LogP contribution is -2.42. The van der Waals surface area contributed by atoms with Crippen molar-refractivity contribution in [3.05, 3.63) is 71.5 Å². The van der Waals surface area contributed by atoms with E-state index in [4.69, 9.17) is 0 Å². The maximum absolute atomic E-state index is 12.7. The molecule has 0 unspecified atom stereocenters. The molecular formula is C17H13F3N6O2. The molecule has 3 rings (SSSR count). The zero-order valence-corrected chi connectivity index (χ0v) is 14.1. The standard InChI is InChI=1S/C17H13F3N6O2/c18-17(19,20)13-3-1-2-11(8-13)9-15(27)22-23-16(28)12-4-6-14(7-5-12)26-10-21-24-25-26/h1-8,10H,9H2,(H,22,27)(H,23,28). The Kier molecular flexibility index (Phi) is 5.34. The van der Waals surface area contributed by atoms with Crippen LogP contribution in [0, 0.1) is 0 Å². The summed E-state index contributed by atoms with van der Waals surface area (Å²) in [4.78, 5) is 23.9. The van der Waals surface area contributed by atoms with Crippen molar-refractivity contribution < 1.29 is 22.8 Å². The van der Waals surface area contributed by atoms with Crippen molar-refractivity contribution >= 4 is 11.8 Å². The quantitative estimate of drug-likeness (QED) is 0.660. The van der Waals surface area contributed by atoms with Gasteiger partial charge in [0, 0.05) is 5.56 Å². The first-order valence-electron chi connectivity index (χ1n) is 7.92. The van der Waals surface area contributed by atoms with Gasteiger partial charge in [0.2, 0.25) is 5.91 Å². The number of hydrogen-bond acceptors (Lipinski definition) is 5. The number of rotatable bonds is 4. The number of nitrogens with zero attached hydrogens (tertiary/aromatic N) is 4. The third kappa shape index (κ3) is 4.69. The number of aromatic nitrogens is 4. The number of halogens is 3. The zero-order valence-electron chi connectivity index (χ0n) is 14.1. The zero-order chi connectivity index (χ0) is 20.1. The Morgan fingerprint density at radius 1 is 1.04 bits per heavy atom. The van der Waals surface area contributed by atoms with Crippen LogP contribution in [0.2, 0.25) is 0 Å². The summed E-state index contributed by atoms with van der Waals surface area (Å²) in [5, 5.41) is 10.7. The van der Waals surface area contributed by atoms with Crippen LogP contribution < -0.4 is 10.9 Å². The van der Waals surface area contributed by atoms with E-state index in [0.717, 1.165) is 12.1 Å². The summed E-state index contributed by atoms with van der Waals surface area (Å²) in [6.07, 6.45) is -3.42. The predicted octanol–water partition coefficient (Wildman–Crippen LogP) is 1.68. The fourth-order valence-corrected chi connectivity index (χ4v) is 2.33. The van der Waals surface area contributed by atoms with Crippen LogP contribution in [0.1, 0.15) is 21.5 Å². The molecule has 0 saturated heterocycles. The number of carbonyl (C=O) groups is 2. The monoisotopic (exact) mass is 390 g/mol. The summed E-state index contributed by atoms with van der Waals surface area (Å²) in [6, 6.07) is 10.6. The molecule has 8 nitrogen and oxygen atoms in total.